The molecule has 0 aliphatic carbocycles. The maximum Gasteiger partial charge on any atom is 0.191 e. The van der Waals surface area contributed by atoms with E-state index in [0.29, 0.717) is 10.1 Å². The molecule has 6 heteroatoms. The highest BCUT2D eigenvalue weighted by Crippen LogP contribution is 2.13. The summed E-state index contributed by atoms with van der Waals surface area (Å²) in [6.45, 7) is 1.86. The minimum Gasteiger partial charge on any atom is -0.465 e. The van der Waals surface area contributed by atoms with Crippen LogP contribution in [-0.2, 0) is 0 Å². The van der Waals surface area contributed by atoms with Crippen LogP contribution in [0.15, 0.2) is 58.3 Å². The SMILES string of the molecule is C/C(C=Cc1ccco1)=N\NC(=S)Nc1ccc(Cl)cc1. The second-order valence-electron chi connectivity index (χ2n) is 4.17. The fourth-order valence-corrected chi connectivity index (χ4v) is 1.75. The summed E-state index contributed by atoms with van der Waals surface area (Å²) in [6, 6.07) is 10.9. The summed E-state index contributed by atoms with van der Waals surface area (Å²) in [5.41, 5.74) is 4.38. The van der Waals surface area contributed by atoms with E-state index in [1.54, 1.807) is 18.4 Å². The first-order chi connectivity index (χ1) is 10.1. The third kappa shape index (κ3) is 5.41. The van der Waals surface area contributed by atoms with Gasteiger partial charge in [0.15, 0.2) is 5.11 Å². The van der Waals surface area contributed by atoms with E-state index in [0.717, 1.165) is 17.2 Å². The molecule has 2 aromatic rings. The van der Waals surface area contributed by atoms with E-state index >= 15 is 0 Å². The standard InChI is InChI=1S/C15H14ClN3OS/c1-11(4-9-14-3-2-10-20-14)18-19-15(21)17-13-7-5-12(16)6-8-13/h2-10H,1H3,(H2,17,19,21)/b9-4?,18-11+. The molecule has 0 atom stereocenters. The highest BCUT2D eigenvalue weighted by molar-refractivity contribution is 7.80. The molecule has 21 heavy (non-hydrogen) atoms. The second kappa shape index (κ2) is 7.61. The first-order valence-electron chi connectivity index (χ1n) is 6.22. The van der Waals surface area contributed by atoms with Crippen molar-refractivity contribution < 1.29 is 4.42 Å². The van der Waals surface area contributed by atoms with Gasteiger partial charge in [-0.05, 0) is 67.7 Å². The Labute approximate surface area is 133 Å². The van der Waals surface area contributed by atoms with Crippen LogP contribution in [0.1, 0.15) is 12.7 Å². The van der Waals surface area contributed by atoms with Gasteiger partial charge in [-0.15, -0.1) is 0 Å². The average molecular weight is 320 g/mol. The number of nitrogens with one attached hydrogen (secondary N) is 2. The van der Waals surface area contributed by atoms with Crippen molar-refractivity contribution in [1.82, 2.24) is 5.43 Å². The lowest BCUT2D eigenvalue weighted by Gasteiger charge is -2.07. The van der Waals surface area contributed by atoms with Crippen molar-refractivity contribution in [2.75, 3.05) is 5.32 Å². The number of rotatable bonds is 4. The predicted molar refractivity (Wildman–Crippen MR) is 91.7 cm³/mol. The van der Waals surface area contributed by atoms with Crippen LogP contribution in [-0.4, -0.2) is 10.8 Å². The van der Waals surface area contributed by atoms with Gasteiger partial charge < -0.3 is 9.73 Å². The number of halogens is 1. The summed E-state index contributed by atoms with van der Waals surface area (Å²) in [7, 11) is 0. The van der Waals surface area contributed by atoms with Crippen molar-refractivity contribution in [3.05, 3.63) is 59.5 Å². The Morgan fingerprint density at radius 2 is 2.05 bits per heavy atom. The van der Waals surface area contributed by atoms with Crippen LogP contribution < -0.4 is 10.7 Å². The molecule has 2 N–H and O–H groups in total. The zero-order chi connectivity index (χ0) is 15.1. The van der Waals surface area contributed by atoms with E-state index in [9.17, 15) is 0 Å². The van der Waals surface area contributed by atoms with E-state index in [-0.39, 0.29) is 0 Å². The Balaban J connectivity index is 1.84. The summed E-state index contributed by atoms with van der Waals surface area (Å²) in [5.74, 6) is 0.770. The fraction of sp³-hybridized carbons (Fsp3) is 0.0667. The Hall–Kier alpha value is -2.11. The summed E-state index contributed by atoms with van der Waals surface area (Å²) < 4.78 is 5.19. The Morgan fingerprint density at radius 3 is 2.71 bits per heavy atom. The lowest BCUT2D eigenvalue weighted by molar-refractivity contribution is 0.557. The smallest absolute Gasteiger partial charge is 0.191 e. The Morgan fingerprint density at radius 1 is 1.29 bits per heavy atom. The second-order valence-corrected chi connectivity index (χ2v) is 5.02. The Kier molecular flexibility index (Phi) is 5.54. The molecular weight excluding hydrogens is 306 g/mol. The maximum atomic E-state index is 5.81. The number of furan rings is 1. The molecule has 0 unspecified atom stereocenters. The number of anilines is 1. The molecule has 0 fully saturated rings. The number of benzene rings is 1. The molecule has 1 heterocycles. The van der Waals surface area contributed by atoms with Crippen molar-refractivity contribution in [3.8, 4) is 0 Å². The van der Waals surface area contributed by atoms with Crippen LogP contribution >= 0.6 is 23.8 Å². The van der Waals surface area contributed by atoms with Crippen LogP contribution in [0, 0.1) is 0 Å². The van der Waals surface area contributed by atoms with E-state index in [1.165, 1.54) is 0 Å². The summed E-state index contributed by atoms with van der Waals surface area (Å²) in [4.78, 5) is 0. The highest BCUT2D eigenvalue weighted by atomic mass is 35.5. The molecule has 0 aliphatic rings. The number of hydrazone groups is 1. The van der Waals surface area contributed by atoms with Gasteiger partial charge in [0.2, 0.25) is 0 Å². The molecule has 0 saturated carbocycles. The molecule has 0 saturated heterocycles. The third-order valence-electron chi connectivity index (χ3n) is 2.47. The molecule has 108 valence electrons. The predicted octanol–water partition coefficient (Wildman–Crippen LogP) is 4.31. The van der Waals surface area contributed by atoms with Gasteiger partial charge in [-0.2, -0.15) is 5.10 Å². The fourth-order valence-electron chi connectivity index (χ4n) is 1.46. The molecule has 0 spiro atoms. The van der Waals surface area contributed by atoms with Crippen LogP contribution in [0.3, 0.4) is 0 Å². The first kappa shape index (κ1) is 15.3. The van der Waals surface area contributed by atoms with Gasteiger partial charge in [-0.3, -0.25) is 5.43 Å². The zero-order valence-corrected chi connectivity index (χ0v) is 12.9. The molecule has 0 aliphatic heterocycles. The number of allylic oxidation sites excluding steroid dienone is 1. The van der Waals surface area contributed by atoms with Crippen molar-refractivity contribution in [2.45, 2.75) is 6.92 Å². The summed E-state index contributed by atoms with van der Waals surface area (Å²) >= 11 is 11.0. The number of nitrogens with zero attached hydrogens (tertiary/aromatic N) is 1. The van der Waals surface area contributed by atoms with Crippen molar-refractivity contribution in [2.24, 2.45) is 5.10 Å². The van der Waals surface area contributed by atoms with E-state index in [1.807, 2.05) is 43.3 Å². The highest BCUT2D eigenvalue weighted by Gasteiger charge is 1.96. The van der Waals surface area contributed by atoms with Gasteiger partial charge in [0, 0.05) is 10.7 Å². The molecule has 4 nitrogen and oxygen atoms in total. The van der Waals surface area contributed by atoms with Crippen LogP contribution in [0.5, 0.6) is 0 Å². The maximum absolute atomic E-state index is 5.81. The molecule has 0 amide bonds. The monoisotopic (exact) mass is 319 g/mol. The third-order valence-corrected chi connectivity index (χ3v) is 2.91. The molecule has 0 radical (unpaired) electrons. The first-order valence-corrected chi connectivity index (χ1v) is 7.00. The van der Waals surface area contributed by atoms with E-state index in [4.69, 9.17) is 28.2 Å². The molecule has 1 aromatic carbocycles. The van der Waals surface area contributed by atoms with Crippen LogP contribution in [0.25, 0.3) is 6.08 Å². The van der Waals surface area contributed by atoms with E-state index in [2.05, 4.69) is 15.8 Å². The van der Waals surface area contributed by atoms with Gasteiger partial charge in [0.1, 0.15) is 5.76 Å². The van der Waals surface area contributed by atoms with Gasteiger partial charge in [-0.25, -0.2) is 0 Å². The minimum atomic E-state index is 0.406. The largest absolute Gasteiger partial charge is 0.465 e. The molecular formula is C15H14ClN3OS. The normalized spacial score (nSPS) is 11.6. The van der Waals surface area contributed by atoms with Crippen molar-refractivity contribution in [1.29, 1.82) is 0 Å². The van der Waals surface area contributed by atoms with Gasteiger partial charge in [-0.1, -0.05) is 11.6 Å². The van der Waals surface area contributed by atoms with Gasteiger partial charge >= 0.3 is 0 Å². The lowest BCUT2D eigenvalue weighted by atomic mass is 10.3. The topological polar surface area (TPSA) is 49.6 Å². The van der Waals surface area contributed by atoms with Crippen molar-refractivity contribution >= 4 is 46.4 Å². The van der Waals surface area contributed by atoms with Crippen LogP contribution in [0.4, 0.5) is 5.69 Å². The number of thiocarbonyl (C=S) groups is 1. The average Bonchev–Trinajstić information content (AvgIpc) is 2.99. The quantitative estimate of drug-likeness (QED) is 0.501. The van der Waals surface area contributed by atoms with Gasteiger partial charge in [0.25, 0.3) is 0 Å². The summed E-state index contributed by atoms with van der Waals surface area (Å²) in [6.07, 6.45) is 5.28. The Bertz CT molecular complexity index is 648. The van der Waals surface area contributed by atoms with E-state index < -0.39 is 0 Å². The lowest BCUT2D eigenvalue weighted by Crippen LogP contribution is -2.24. The molecule has 1 aromatic heterocycles. The summed E-state index contributed by atoms with van der Waals surface area (Å²) in [5, 5.41) is 8.23. The van der Waals surface area contributed by atoms with Crippen molar-refractivity contribution in [3.63, 3.8) is 0 Å². The minimum absolute atomic E-state index is 0.406. The zero-order valence-electron chi connectivity index (χ0n) is 11.3. The molecule has 2 rings (SSSR count). The van der Waals surface area contributed by atoms with Gasteiger partial charge in [0.05, 0.1) is 12.0 Å². The molecule has 0 bridgehead atoms. The number of hydrogen-bond donors (Lipinski definition) is 2. The number of hydrogen-bond acceptors (Lipinski definition) is 3. The van der Waals surface area contributed by atoms with Crippen LogP contribution in [0.2, 0.25) is 5.02 Å².